The largest absolute Gasteiger partial charge is 1.00 e. The van der Waals surface area contributed by atoms with Gasteiger partial charge in [-0.05, 0) is 77.9 Å². The standard InChI is InChI=1S/C14H12N5O4.C14H14N3O2.C7H6N3O3.C6H3Cl2N2.C6H3ClN3O2.2C6H4ClN2.C2H6O.C2H6.CH4.7ClH/c1-22-13-8-12(14(23-2)7-11(13)16-15)18-17-9-3-5-10(6-4-9)19(20)21;1-18-13-7-9(3-5-11(13)15)10-4-6-12(17-16)14(8-10)19-2;1-13-7-4-5(10(11)12)2-3-6(7)9-8;7-4-1-2-5(8)6(3-4)10-9;7-4-1-2-5(9-8)6(3-4)10(11)12;7-5-2-1-3-6(4-5)9-8;7-5-3-1-2-4-6(5)9-8;1-3-2;1-2;;;;;;;;/h3-8H,1-2H3;3-8H,15H2,1-2H3;2-4H,1H3;1-3H;1-3H;2*1-4H;1-2H3;1-2H3;1H4;7*1H/q7*+1;;;;;;;;;;/p-7. The fourth-order valence-corrected chi connectivity index (χ4v) is 7.67. The Morgan fingerprint density at radius 1 is 0.370 bits per heavy atom. The number of nitrogens with zero attached hydrogens (tertiary/aromatic N) is 19. The second kappa shape index (κ2) is 63.3. The highest BCUT2D eigenvalue weighted by molar-refractivity contribution is 6.35. The summed E-state index contributed by atoms with van der Waals surface area (Å²) in [6.45, 7) is 4.00. The van der Waals surface area contributed by atoms with Crippen molar-refractivity contribution in [1.82, 2.24) is 0 Å². The maximum absolute atomic E-state index is 10.6. The molecule has 0 spiro atoms. The van der Waals surface area contributed by atoms with Crippen molar-refractivity contribution in [2.24, 2.45) is 10.2 Å². The van der Waals surface area contributed by atoms with Crippen LogP contribution in [0.2, 0.25) is 25.1 Å². The van der Waals surface area contributed by atoms with Gasteiger partial charge in [-0.1, -0.05) is 104 Å². The number of halogens is 12. The van der Waals surface area contributed by atoms with E-state index in [0.717, 1.165) is 17.2 Å². The molecule has 9 rings (SSSR count). The van der Waals surface area contributed by atoms with Crippen LogP contribution in [0.15, 0.2) is 186 Å². The fraction of sp³-hybridized carbons (Fsp3) is 0.156. The average molecular weight is 1730 g/mol. The number of hydrogen-bond donors (Lipinski definition) is 1. The molecule has 0 saturated carbocycles. The van der Waals surface area contributed by atoms with E-state index in [0.29, 0.717) is 77.2 Å². The summed E-state index contributed by atoms with van der Waals surface area (Å²) in [5, 5.41) is 101. The first-order valence-corrected chi connectivity index (χ1v) is 29.4. The van der Waals surface area contributed by atoms with E-state index < -0.39 is 14.8 Å². The monoisotopic (exact) mass is 1720 g/mol. The molecule has 2 N–H and O–H groups in total. The normalized spacial score (nSPS) is 8.44. The van der Waals surface area contributed by atoms with Crippen LogP contribution in [-0.4, -0.2) is 64.5 Å². The molecule has 32 nitrogen and oxygen atoms in total. The van der Waals surface area contributed by atoms with Crippen LogP contribution in [0.4, 0.5) is 73.9 Å². The predicted octanol–water partition coefficient (Wildman–Crippen LogP) is 2.85. The van der Waals surface area contributed by atoms with Crippen LogP contribution in [0.1, 0.15) is 21.3 Å². The second-order valence-corrected chi connectivity index (χ2v) is 19.8. The lowest BCUT2D eigenvalue weighted by Gasteiger charge is -2.08. The lowest BCUT2D eigenvalue weighted by atomic mass is 10.0. The highest BCUT2D eigenvalue weighted by Crippen LogP contribution is 2.41. The first-order chi connectivity index (χ1) is 47.9. The first-order valence-electron chi connectivity index (χ1n) is 27.6. The minimum absolute atomic E-state index is 0. The van der Waals surface area contributed by atoms with Crippen molar-refractivity contribution < 1.29 is 130 Å². The summed E-state index contributed by atoms with van der Waals surface area (Å²) < 4.78 is 29.6. The van der Waals surface area contributed by atoms with Crippen molar-refractivity contribution in [3.63, 3.8) is 0 Å². The van der Waals surface area contributed by atoms with Gasteiger partial charge < -0.3 is 121 Å². The molecule has 44 heteroatoms. The van der Waals surface area contributed by atoms with Crippen LogP contribution in [0, 0.1) is 68.1 Å². The molecule has 0 aliphatic carbocycles. The molecule has 574 valence electrons. The number of azo groups is 1. The van der Waals surface area contributed by atoms with Crippen molar-refractivity contribution in [1.29, 1.82) is 37.7 Å². The van der Waals surface area contributed by atoms with E-state index in [4.69, 9.17) is 125 Å². The van der Waals surface area contributed by atoms with Gasteiger partial charge in [0.1, 0.15) is 21.5 Å². The Kier molecular flexibility index (Phi) is 66.1. The zero-order valence-corrected chi connectivity index (χ0v) is 65.8. The molecule has 9 aromatic rings. The minimum Gasteiger partial charge on any atom is -1.00 e. The third-order valence-corrected chi connectivity index (χ3v) is 12.7. The van der Waals surface area contributed by atoms with Gasteiger partial charge in [0.15, 0.2) is 40.6 Å². The molecule has 0 aliphatic rings. The lowest BCUT2D eigenvalue weighted by molar-refractivity contribution is -0.385. The van der Waals surface area contributed by atoms with Crippen LogP contribution in [0.25, 0.3) is 46.0 Å². The maximum Gasteiger partial charge on any atom is 0.461 e. The number of rotatable bonds is 11. The van der Waals surface area contributed by atoms with Gasteiger partial charge in [0, 0.05) is 90.0 Å². The van der Waals surface area contributed by atoms with E-state index in [1.54, 1.807) is 100 Å². The SMILES string of the molecule is C.CC.COC.COc1cc(-c2ccc([N+]#N)c(OC)c2)ccc1N.COc1cc([N+]#N)c(OC)cc1N=Nc1ccc([N+](=O)[O-])cc1.COc1cc([N+](=O)[O-])ccc1[N+]#N.N#[N+]c1cc(Cl)ccc1Cl.N#[N+]c1ccc(Cl)cc1[N+](=O)[O-].N#[N+]c1cccc(Cl)c1.N#[N+]c1ccccc1Cl.[Cl-].[Cl-].[Cl-].[Cl-].[Cl-].[Cl-].[Cl-]. The molecule has 0 aromatic heterocycles. The number of methoxy groups -OCH3 is 6. The van der Waals surface area contributed by atoms with Crippen LogP contribution in [0.3, 0.4) is 0 Å². The molecule has 0 unspecified atom stereocenters. The molecule has 0 amide bonds. The molecular formula is C64H62Cl12N20O12. The molecule has 0 saturated heterocycles. The fourth-order valence-electron chi connectivity index (χ4n) is 6.83. The molecule has 0 radical (unpaired) electrons. The Bertz CT molecular complexity index is 4620. The number of hydrogen-bond acceptors (Lipinski definition) is 22. The molecule has 0 fully saturated rings. The Morgan fingerprint density at radius 3 is 1.22 bits per heavy atom. The summed E-state index contributed by atoms with van der Waals surface area (Å²) in [5.41, 5.74) is 10.4. The molecule has 0 aliphatic heterocycles. The number of diazo groups is 7. The van der Waals surface area contributed by atoms with Crippen LogP contribution >= 0.6 is 58.0 Å². The number of nitrogens with two attached hydrogens (primary N) is 1. The number of ether oxygens (including phenoxy) is 6. The van der Waals surface area contributed by atoms with E-state index in [2.05, 4.69) is 49.8 Å². The van der Waals surface area contributed by atoms with Gasteiger partial charge in [-0.2, -0.15) is 5.11 Å². The quantitative estimate of drug-likeness (QED) is 0.0639. The number of non-ortho nitro benzene ring substituents is 2. The van der Waals surface area contributed by atoms with Crippen molar-refractivity contribution in [3.05, 3.63) is 266 Å². The van der Waals surface area contributed by atoms with Gasteiger partial charge in [-0.15, -0.1) is 5.11 Å². The van der Waals surface area contributed by atoms with Crippen molar-refractivity contribution >= 4 is 132 Å². The molecule has 108 heavy (non-hydrogen) atoms. The van der Waals surface area contributed by atoms with Gasteiger partial charge in [0.05, 0.1) is 86.0 Å². The maximum atomic E-state index is 10.6. The van der Waals surface area contributed by atoms with Gasteiger partial charge in [-0.25, -0.2) is 0 Å². The molecule has 0 atom stereocenters. The van der Waals surface area contributed by atoms with Gasteiger partial charge in [-0.3, -0.25) is 30.3 Å². The Balaban J connectivity index is -0.000000180. The molecule has 0 bridgehead atoms. The van der Waals surface area contributed by atoms with Gasteiger partial charge in [0.2, 0.25) is 55.0 Å². The van der Waals surface area contributed by atoms with E-state index in [1.807, 2.05) is 32.0 Å². The third kappa shape index (κ3) is 39.4. The zero-order valence-electron chi connectivity index (χ0n) is 56.8. The summed E-state index contributed by atoms with van der Waals surface area (Å²) in [4.78, 5) is 50.2. The Labute approximate surface area is 687 Å². The zero-order chi connectivity index (χ0) is 75.3. The molecule has 0 heterocycles. The summed E-state index contributed by atoms with van der Waals surface area (Å²) >= 11 is 27.8. The van der Waals surface area contributed by atoms with Crippen LogP contribution in [0.5, 0.6) is 28.7 Å². The summed E-state index contributed by atoms with van der Waals surface area (Å²) in [6.07, 6.45) is 0. The minimum atomic E-state index is -0.666. The number of benzene rings is 9. The first kappa shape index (κ1) is 113. The summed E-state index contributed by atoms with van der Waals surface area (Å²) in [5.74, 6) is 1.91. The highest BCUT2D eigenvalue weighted by atomic mass is 35.5. The van der Waals surface area contributed by atoms with Crippen molar-refractivity contribution in [2.45, 2.75) is 21.3 Å². The number of nitrogen functional groups attached to an aromatic ring is 1. The second-order valence-electron chi connectivity index (χ2n) is 17.7. The van der Waals surface area contributed by atoms with E-state index in [1.165, 1.54) is 101 Å². The van der Waals surface area contributed by atoms with E-state index in [9.17, 15) is 30.3 Å². The summed E-state index contributed by atoms with van der Waals surface area (Å²) in [7, 11) is 10.6. The predicted molar refractivity (Wildman–Crippen MR) is 388 cm³/mol. The number of anilines is 1. The van der Waals surface area contributed by atoms with Crippen molar-refractivity contribution in [2.75, 3.05) is 55.5 Å². The van der Waals surface area contributed by atoms with Crippen molar-refractivity contribution in [3.8, 4) is 39.9 Å². The van der Waals surface area contributed by atoms with Gasteiger partial charge in [0.25, 0.3) is 11.4 Å². The molecular weight excluding hydrogens is 1670 g/mol. The number of nitro benzene ring substituents is 3. The topological polar surface area (TPSA) is 433 Å². The number of nitro groups is 3. The Hall–Kier alpha value is -11.0. The smallest absolute Gasteiger partial charge is 0.461 e. The third-order valence-electron chi connectivity index (χ3n) is 11.4. The van der Waals surface area contributed by atoms with Crippen LogP contribution in [-0.2, 0) is 4.74 Å². The summed E-state index contributed by atoms with van der Waals surface area (Å²) in [6, 6.07) is 45.1. The average Bonchev–Trinajstić information content (AvgIpc) is 0.838. The Morgan fingerprint density at radius 2 is 0.787 bits per heavy atom. The van der Waals surface area contributed by atoms with Gasteiger partial charge >= 0.3 is 45.5 Å². The van der Waals surface area contributed by atoms with Crippen LogP contribution < -0.4 is 116 Å². The van der Waals surface area contributed by atoms with E-state index >= 15 is 0 Å². The van der Waals surface area contributed by atoms with E-state index in [-0.39, 0.29) is 145 Å². The lowest BCUT2D eigenvalue weighted by Crippen LogP contribution is -3.00. The molecule has 9 aromatic carbocycles. The highest BCUT2D eigenvalue weighted by Gasteiger charge is 2.25.